The van der Waals surface area contributed by atoms with Crippen molar-refractivity contribution in [1.82, 2.24) is 9.80 Å². The fourth-order valence-electron chi connectivity index (χ4n) is 3.21. The third-order valence-electron chi connectivity index (χ3n) is 5.03. The number of rotatable bonds is 5. The Morgan fingerprint density at radius 3 is 2.11 bits per heavy atom. The van der Waals surface area contributed by atoms with E-state index in [1.807, 2.05) is 30.7 Å². The molecule has 0 atom stereocenters. The number of amides is 2. The number of hydrogen-bond donors (Lipinski definition) is 1. The average Bonchev–Trinajstić information content (AvgIpc) is 2.47. The number of nitrogens with zero attached hydrogens (tertiary/aromatic N) is 2. The van der Waals surface area contributed by atoms with Gasteiger partial charge in [0.2, 0.25) is 0 Å². The molecule has 0 bridgehead atoms. The van der Waals surface area contributed by atoms with E-state index in [0.29, 0.717) is 6.54 Å². The minimum atomic E-state index is -0.120. The molecule has 0 aromatic rings. The molecule has 0 aromatic carbocycles. The third-order valence-corrected chi connectivity index (χ3v) is 5.03. The van der Waals surface area contributed by atoms with Gasteiger partial charge in [-0.2, -0.15) is 0 Å². The molecule has 0 heterocycles. The molecule has 0 unspecified atom stereocenters. The summed E-state index contributed by atoms with van der Waals surface area (Å²) in [5.74, 6) is 0.816. The van der Waals surface area contributed by atoms with Crippen molar-refractivity contribution in [2.24, 2.45) is 11.7 Å². The van der Waals surface area contributed by atoms with Crippen LogP contribution in [-0.2, 0) is 0 Å². The summed E-state index contributed by atoms with van der Waals surface area (Å²) in [6.45, 7) is 8.41. The van der Waals surface area contributed by atoms with Gasteiger partial charge in [0.1, 0.15) is 0 Å². The highest BCUT2D eigenvalue weighted by Crippen LogP contribution is 2.37. The maximum Gasteiger partial charge on any atom is 0.320 e. The van der Waals surface area contributed by atoms with Crippen LogP contribution in [0.4, 0.5) is 4.79 Å². The fourth-order valence-corrected chi connectivity index (χ4v) is 3.21. The van der Waals surface area contributed by atoms with Crippen LogP contribution in [0.15, 0.2) is 0 Å². The van der Waals surface area contributed by atoms with Gasteiger partial charge in [-0.1, -0.05) is 13.3 Å². The van der Waals surface area contributed by atoms with Crippen LogP contribution in [-0.4, -0.2) is 48.1 Å². The predicted octanol–water partition coefficient (Wildman–Crippen LogP) is 2.68. The van der Waals surface area contributed by atoms with Crippen molar-refractivity contribution >= 4 is 6.03 Å². The lowest BCUT2D eigenvalue weighted by atomic mass is 9.75. The first kappa shape index (κ1) is 16.3. The van der Waals surface area contributed by atoms with Crippen molar-refractivity contribution in [1.29, 1.82) is 0 Å². The maximum atomic E-state index is 12.5. The van der Waals surface area contributed by atoms with Gasteiger partial charge in [-0.3, -0.25) is 0 Å². The van der Waals surface area contributed by atoms with E-state index in [1.54, 1.807) is 0 Å². The quantitative estimate of drug-likeness (QED) is 0.834. The summed E-state index contributed by atoms with van der Waals surface area (Å²) in [5, 5.41) is 0. The zero-order valence-corrected chi connectivity index (χ0v) is 13.1. The Morgan fingerprint density at radius 1 is 1.21 bits per heavy atom. The van der Waals surface area contributed by atoms with Gasteiger partial charge in [0.25, 0.3) is 0 Å². The zero-order chi connectivity index (χ0) is 14.5. The maximum absolute atomic E-state index is 12.5. The molecule has 0 aromatic heterocycles. The molecule has 1 aliphatic rings. The van der Waals surface area contributed by atoms with Crippen molar-refractivity contribution in [3.05, 3.63) is 0 Å². The summed E-state index contributed by atoms with van der Waals surface area (Å²) in [6.07, 6.45) is 5.73. The number of hydrogen-bond acceptors (Lipinski definition) is 2. The molecule has 4 heteroatoms. The Bertz CT molecular complexity index is 281. The highest BCUT2D eigenvalue weighted by atomic mass is 16.2. The second kappa shape index (κ2) is 7.13. The molecule has 4 nitrogen and oxygen atoms in total. The highest BCUT2D eigenvalue weighted by Gasteiger charge is 2.40. The molecule has 1 aliphatic carbocycles. The van der Waals surface area contributed by atoms with Gasteiger partial charge in [0, 0.05) is 26.7 Å². The van der Waals surface area contributed by atoms with Crippen LogP contribution in [0.1, 0.15) is 52.9 Å². The molecule has 1 rings (SSSR count). The Morgan fingerprint density at radius 2 is 1.74 bits per heavy atom. The number of urea groups is 1. The Balaban J connectivity index is 2.76. The van der Waals surface area contributed by atoms with Crippen LogP contribution in [0.3, 0.4) is 0 Å². The predicted molar refractivity (Wildman–Crippen MR) is 80.1 cm³/mol. The van der Waals surface area contributed by atoms with E-state index < -0.39 is 0 Å². The molecule has 1 fully saturated rings. The number of nitrogens with two attached hydrogens (primary N) is 1. The van der Waals surface area contributed by atoms with Crippen LogP contribution in [0.5, 0.6) is 0 Å². The van der Waals surface area contributed by atoms with Gasteiger partial charge in [-0.25, -0.2) is 4.79 Å². The summed E-state index contributed by atoms with van der Waals surface area (Å²) >= 11 is 0. The van der Waals surface area contributed by atoms with Crippen LogP contribution >= 0.6 is 0 Å². The van der Waals surface area contributed by atoms with Gasteiger partial charge < -0.3 is 15.5 Å². The van der Waals surface area contributed by atoms with Crippen LogP contribution < -0.4 is 5.73 Å². The highest BCUT2D eigenvalue weighted by molar-refractivity contribution is 5.75. The van der Waals surface area contributed by atoms with Gasteiger partial charge in [-0.05, 0) is 45.4 Å². The lowest BCUT2D eigenvalue weighted by Gasteiger charge is -2.47. The average molecular weight is 269 g/mol. The van der Waals surface area contributed by atoms with E-state index in [4.69, 9.17) is 5.73 Å². The number of likely N-dealkylation sites (N-methyl/N-ethyl adjacent to an activating group) is 1. The Hall–Kier alpha value is -0.770. The van der Waals surface area contributed by atoms with E-state index >= 15 is 0 Å². The summed E-state index contributed by atoms with van der Waals surface area (Å²) in [6, 6.07) is 0.130. The molecule has 0 saturated heterocycles. The van der Waals surface area contributed by atoms with E-state index in [9.17, 15) is 4.79 Å². The Kier molecular flexibility index (Phi) is 6.11. The molecular weight excluding hydrogens is 238 g/mol. The molecule has 112 valence electrons. The van der Waals surface area contributed by atoms with Crippen molar-refractivity contribution < 1.29 is 4.79 Å². The molecule has 0 spiro atoms. The summed E-state index contributed by atoms with van der Waals surface area (Å²) in [7, 11) is 1.93. The summed E-state index contributed by atoms with van der Waals surface area (Å²) < 4.78 is 0. The second-order valence-corrected chi connectivity index (χ2v) is 5.79. The smallest absolute Gasteiger partial charge is 0.320 e. The van der Waals surface area contributed by atoms with Crippen molar-refractivity contribution in [3.63, 3.8) is 0 Å². The van der Waals surface area contributed by atoms with Gasteiger partial charge in [0.15, 0.2) is 0 Å². The molecule has 19 heavy (non-hydrogen) atoms. The SMILES string of the molecule is CCC1CCC(CN)(N(C)C(=O)N(CC)CC)CC1. The minimum Gasteiger partial charge on any atom is -0.328 e. The van der Waals surface area contributed by atoms with Crippen molar-refractivity contribution in [2.75, 3.05) is 26.7 Å². The number of carbonyl (C=O) groups excluding carboxylic acids is 1. The summed E-state index contributed by atoms with van der Waals surface area (Å²) in [4.78, 5) is 16.3. The van der Waals surface area contributed by atoms with E-state index in [2.05, 4.69) is 6.92 Å². The van der Waals surface area contributed by atoms with E-state index in [-0.39, 0.29) is 11.6 Å². The van der Waals surface area contributed by atoms with Crippen LogP contribution in [0.25, 0.3) is 0 Å². The lowest BCUT2D eigenvalue weighted by Crippen LogP contribution is -2.59. The monoisotopic (exact) mass is 269 g/mol. The first-order valence-electron chi connectivity index (χ1n) is 7.77. The lowest BCUT2D eigenvalue weighted by molar-refractivity contribution is 0.0683. The fraction of sp³-hybridized carbons (Fsp3) is 0.933. The molecule has 0 radical (unpaired) electrons. The molecule has 2 amide bonds. The third kappa shape index (κ3) is 3.41. The Labute approximate surface area is 118 Å². The van der Waals surface area contributed by atoms with Gasteiger partial charge in [-0.15, -0.1) is 0 Å². The molecular formula is C15H31N3O. The first-order chi connectivity index (χ1) is 9.04. The van der Waals surface area contributed by atoms with Crippen molar-refractivity contribution in [3.8, 4) is 0 Å². The van der Waals surface area contributed by atoms with E-state index in [0.717, 1.165) is 31.8 Å². The van der Waals surface area contributed by atoms with E-state index in [1.165, 1.54) is 19.3 Å². The van der Waals surface area contributed by atoms with Crippen LogP contribution in [0.2, 0.25) is 0 Å². The minimum absolute atomic E-state index is 0.120. The summed E-state index contributed by atoms with van der Waals surface area (Å²) in [5.41, 5.74) is 5.91. The van der Waals surface area contributed by atoms with Crippen LogP contribution in [0, 0.1) is 5.92 Å². The number of carbonyl (C=O) groups is 1. The van der Waals surface area contributed by atoms with Gasteiger partial charge in [0.05, 0.1) is 5.54 Å². The molecule has 1 saturated carbocycles. The largest absolute Gasteiger partial charge is 0.328 e. The standard InChI is InChI=1S/C15H31N3O/c1-5-13-8-10-15(12-16,11-9-13)17(4)14(19)18(6-2)7-3/h13H,5-12,16H2,1-4H3. The van der Waals surface area contributed by atoms with Gasteiger partial charge >= 0.3 is 6.03 Å². The molecule has 2 N–H and O–H groups in total. The second-order valence-electron chi connectivity index (χ2n) is 5.79. The molecule has 0 aliphatic heterocycles. The zero-order valence-electron chi connectivity index (χ0n) is 13.1. The topological polar surface area (TPSA) is 49.6 Å². The van der Waals surface area contributed by atoms with Crippen molar-refractivity contribution in [2.45, 2.75) is 58.4 Å². The normalized spacial score (nSPS) is 27.1. The first-order valence-corrected chi connectivity index (χ1v) is 7.77.